The summed E-state index contributed by atoms with van der Waals surface area (Å²) in [5, 5.41) is 3.66. The van der Waals surface area contributed by atoms with Gasteiger partial charge in [0, 0.05) is 12.1 Å². The zero-order chi connectivity index (χ0) is 14.8. The minimum atomic E-state index is -0.0623. The summed E-state index contributed by atoms with van der Waals surface area (Å²) in [6.07, 6.45) is 2.05. The van der Waals surface area contributed by atoms with Crippen LogP contribution in [0, 0.1) is 12.7 Å². The summed E-state index contributed by atoms with van der Waals surface area (Å²) in [4.78, 5) is 0. The van der Waals surface area contributed by atoms with Gasteiger partial charge in [-0.25, -0.2) is 4.39 Å². The lowest BCUT2D eigenvalue weighted by Gasteiger charge is -2.38. The maximum atomic E-state index is 13.7. The fourth-order valence-corrected chi connectivity index (χ4v) is 3.20. The quantitative estimate of drug-likeness (QED) is 0.855. The van der Waals surface area contributed by atoms with Crippen molar-refractivity contribution in [2.24, 2.45) is 0 Å². The predicted octanol–water partition coefficient (Wildman–Crippen LogP) is 4.73. The molecule has 1 aliphatic rings. The molecule has 0 saturated heterocycles. The van der Waals surface area contributed by atoms with E-state index in [4.69, 9.17) is 0 Å². The maximum Gasteiger partial charge on any atom is 0.126 e. The first-order valence-corrected chi connectivity index (χ1v) is 7.70. The lowest BCUT2D eigenvalue weighted by Crippen LogP contribution is -2.41. The van der Waals surface area contributed by atoms with Gasteiger partial charge in [0.05, 0.1) is 0 Å². The van der Waals surface area contributed by atoms with Crippen molar-refractivity contribution in [1.82, 2.24) is 5.32 Å². The Kier molecular flexibility index (Phi) is 4.07. The summed E-state index contributed by atoms with van der Waals surface area (Å²) in [7, 11) is 0. The van der Waals surface area contributed by atoms with E-state index in [1.165, 1.54) is 11.1 Å². The Labute approximate surface area is 126 Å². The van der Waals surface area contributed by atoms with Gasteiger partial charge in [0.2, 0.25) is 0 Å². The first-order chi connectivity index (χ1) is 10.1. The van der Waals surface area contributed by atoms with Crippen LogP contribution in [0.3, 0.4) is 0 Å². The molecular formula is C19H22FN. The van der Waals surface area contributed by atoms with E-state index >= 15 is 0 Å². The van der Waals surface area contributed by atoms with E-state index in [1.54, 1.807) is 12.1 Å². The highest BCUT2D eigenvalue weighted by atomic mass is 19.1. The van der Waals surface area contributed by atoms with Gasteiger partial charge in [-0.1, -0.05) is 48.0 Å². The number of rotatable bonds is 4. The molecule has 0 heterocycles. The van der Waals surface area contributed by atoms with Crippen LogP contribution in [0.15, 0.2) is 48.5 Å². The molecule has 0 aromatic heterocycles. The van der Waals surface area contributed by atoms with Crippen LogP contribution in [0.1, 0.15) is 48.4 Å². The molecular weight excluding hydrogens is 261 g/mol. The molecule has 1 N–H and O–H groups in total. The van der Waals surface area contributed by atoms with Crippen molar-refractivity contribution >= 4 is 0 Å². The van der Waals surface area contributed by atoms with Gasteiger partial charge in [0.15, 0.2) is 0 Å². The lowest BCUT2D eigenvalue weighted by atomic mass is 9.75. The first-order valence-electron chi connectivity index (χ1n) is 7.70. The average Bonchev–Trinajstić information content (AvgIpc) is 2.43. The molecule has 21 heavy (non-hydrogen) atoms. The minimum Gasteiger partial charge on any atom is -0.307 e. The lowest BCUT2D eigenvalue weighted by molar-refractivity contribution is 0.266. The summed E-state index contributed by atoms with van der Waals surface area (Å²) in [5.41, 5.74) is 3.49. The Morgan fingerprint density at radius 1 is 1.10 bits per heavy atom. The van der Waals surface area contributed by atoms with Gasteiger partial charge >= 0.3 is 0 Å². The second-order valence-corrected chi connectivity index (χ2v) is 6.19. The van der Waals surface area contributed by atoms with Crippen molar-refractivity contribution in [3.8, 4) is 0 Å². The molecule has 2 heteroatoms. The monoisotopic (exact) mass is 283 g/mol. The van der Waals surface area contributed by atoms with Gasteiger partial charge in [-0.05, 0) is 49.8 Å². The van der Waals surface area contributed by atoms with E-state index in [-0.39, 0.29) is 5.82 Å². The fraction of sp³-hybridized carbons (Fsp3) is 0.368. The van der Waals surface area contributed by atoms with Gasteiger partial charge in [0.1, 0.15) is 5.82 Å². The maximum absolute atomic E-state index is 13.7. The highest BCUT2D eigenvalue weighted by Crippen LogP contribution is 2.38. The molecule has 1 atom stereocenters. The van der Waals surface area contributed by atoms with Crippen LogP contribution in [0.5, 0.6) is 0 Å². The number of aryl methyl sites for hydroxylation is 1. The number of nitrogens with one attached hydrogen (secondary N) is 1. The number of hydrogen-bond acceptors (Lipinski definition) is 1. The Hall–Kier alpha value is -1.67. The molecule has 1 fully saturated rings. The molecule has 1 nitrogen and oxygen atoms in total. The number of halogens is 1. The van der Waals surface area contributed by atoms with Crippen LogP contribution in [-0.4, -0.2) is 6.04 Å². The van der Waals surface area contributed by atoms with Crippen molar-refractivity contribution in [2.75, 3.05) is 0 Å². The highest BCUT2D eigenvalue weighted by Gasteiger charge is 2.32. The number of hydrogen-bond donors (Lipinski definition) is 1. The van der Waals surface area contributed by atoms with Gasteiger partial charge < -0.3 is 5.32 Å². The summed E-state index contributed by atoms with van der Waals surface area (Å²) in [6.45, 7) is 4.32. The van der Waals surface area contributed by atoms with Crippen LogP contribution < -0.4 is 5.32 Å². The molecule has 0 spiro atoms. The van der Waals surface area contributed by atoms with Crippen molar-refractivity contribution in [3.05, 3.63) is 71.0 Å². The van der Waals surface area contributed by atoms with E-state index in [0.717, 1.165) is 18.4 Å². The van der Waals surface area contributed by atoms with Crippen LogP contribution in [0.25, 0.3) is 0 Å². The molecule has 3 rings (SSSR count). The molecule has 2 aromatic rings. The minimum absolute atomic E-state index is 0.0623. The summed E-state index contributed by atoms with van der Waals surface area (Å²) in [5.74, 6) is 0.307. The zero-order valence-corrected chi connectivity index (χ0v) is 12.6. The molecule has 1 saturated carbocycles. The van der Waals surface area contributed by atoms with E-state index in [0.29, 0.717) is 18.0 Å². The standard InChI is InChI=1S/C19H22FN/c1-13-6-5-7-15(10-13)14(2)21-17-11-16(12-17)18-8-3-4-9-19(18)20/h3-10,14,16-17,21H,11-12H2,1-2H3/t14-,16?,17?/m1/s1. The summed E-state index contributed by atoms with van der Waals surface area (Å²) < 4.78 is 13.7. The van der Waals surface area contributed by atoms with Crippen molar-refractivity contribution in [2.45, 2.75) is 44.7 Å². The number of benzene rings is 2. The third-order valence-corrected chi connectivity index (χ3v) is 4.51. The first kappa shape index (κ1) is 14.3. The molecule has 0 aliphatic heterocycles. The topological polar surface area (TPSA) is 12.0 Å². The van der Waals surface area contributed by atoms with E-state index in [9.17, 15) is 4.39 Å². The summed E-state index contributed by atoms with van der Waals surface area (Å²) >= 11 is 0. The Bertz CT molecular complexity index is 616. The third-order valence-electron chi connectivity index (χ3n) is 4.51. The molecule has 0 unspecified atom stereocenters. The second-order valence-electron chi connectivity index (χ2n) is 6.19. The fourth-order valence-electron chi connectivity index (χ4n) is 3.20. The smallest absolute Gasteiger partial charge is 0.126 e. The van der Waals surface area contributed by atoms with Crippen molar-refractivity contribution in [1.29, 1.82) is 0 Å². The average molecular weight is 283 g/mol. The largest absolute Gasteiger partial charge is 0.307 e. The second kappa shape index (κ2) is 5.98. The molecule has 2 aromatic carbocycles. The van der Waals surface area contributed by atoms with Crippen LogP contribution in [0.4, 0.5) is 4.39 Å². The Morgan fingerprint density at radius 2 is 1.86 bits per heavy atom. The van der Waals surface area contributed by atoms with Crippen LogP contribution in [0.2, 0.25) is 0 Å². The Morgan fingerprint density at radius 3 is 2.57 bits per heavy atom. The van der Waals surface area contributed by atoms with Crippen molar-refractivity contribution < 1.29 is 4.39 Å². The van der Waals surface area contributed by atoms with Crippen LogP contribution in [-0.2, 0) is 0 Å². The van der Waals surface area contributed by atoms with Gasteiger partial charge in [0.25, 0.3) is 0 Å². The molecule has 0 radical (unpaired) electrons. The molecule has 1 aliphatic carbocycles. The van der Waals surface area contributed by atoms with E-state index in [1.807, 2.05) is 12.1 Å². The van der Waals surface area contributed by atoms with E-state index in [2.05, 4.69) is 43.4 Å². The third kappa shape index (κ3) is 3.16. The zero-order valence-electron chi connectivity index (χ0n) is 12.6. The van der Waals surface area contributed by atoms with E-state index < -0.39 is 0 Å². The van der Waals surface area contributed by atoms with Crippen molar-refractivity contribution in [3.63, 3.8) is 0 Å². The summed E-state index contributed by atoms with van der Waals surface area (Å²) in [6, 6.07) is 16.6. The SMILES string of the molecule is Cc1cccc([C@@H](C)NC2CC(c3ccccc3F)C2)c1. The van der Waals surface area contributed by atoms with Crippen LogP contribution >= 0.6 is 0 Å². The predicted molar refractivity (Wildman–Crippen MR) is 84.9 cm³/mol. The van der Waals surface area contributed by atoms with Gasteiger partial charge in [-0.2, -0.15) is 0 Å². The molecule has 0 bridgehead atoms. The molecule has 110 valence electrons. The Balaban J connectivity index is 1.56. The normalized spacial score (nSPS) is 22.6. The highest BCUT2D eigenvalue weighted by molar-refractivity contribution is 5.27. The van der Waals surface area contributed by atoms with Gasteiger partial charge in [-0.15, -0.1) is 0 Å². The molecule has 0 amide bonds. The van der Waals surface area contributed by atoms with Gasteiger partial charge in [-0.3, -0.25) is 0 Å².